The Bertz CT molecular complexity index is 851. The summed E-state index contributed by atoms with van der Waals surface area (Å²) in [5.74, 6) is -0.00587. The van der Waals surface area contributed by atoms with E-state index in [0.717, 1.165) is 17.3 Å². The van der Waals surface area contributed by atoms with Gasteiger partial charge in [-0.05, 0) is 23.3 Å². The first kappa shape index (κ1) is 15.0. The minimum Gasteiger partial charge on any atom is -0.371 e. The van der Waals surface area contributed by atoms with Crippen LogP contribution in [0.25, 0.3) is 10.9 Å². The van der Waals surface area contributed by atoms with Gasteiger partial charge in [0.15, 0.2) is 0 Å². The van der Waals surface area contributed by atoms with Gasteiger partial charge in [0.25, 0.3) is 5.91 Å². The lowest BCUT2D eigenvalue weighted by Gasteiger charge is -2.28. The summed E-state index contributed by atoms with van der Waals surface area (Å²) >= 11 is 0. The average Bonchev–Trinajstić information content (AvgIpc) is 3.05. The van der Waals surface area contributed by atoms with E-state index in [1.54, 1.807) is 4.90 Å². The molecule has 1 amide bonds. The molecule has 0 spiro atoms. The first-order valence-electron chi connectivity index (χ1n) is 8.22. The molecule has 2 aromatic carbocycles. The van der Waals surface area contributed by atoms with Crippen molar-refractivity contribution in [3.05, 3.63) is 71.4 Å². The number of ether oxygens (including phenoxy) is 1. The maximum absolute atomic E-state index is 12.7. The third-order valence-corrected chi connectivity index (χ3v) is 4.63. The molecule has 1 unspecified atom stereocenters. The highest BCUT2D eigenvalue weighted by Gasteiger charge is 2.23. The first-order valence-corrected chi connectivity index (χ1v) is 8.22. The van der Waals surface area contributed by atoms with Crippen LogP contribution < -0.4 is 0 Å². The molecule has 3 aromatic rings. The molecular formula is C20H20N2O2. The highest BCUT2D eigenvalue weighted by atomic mass is 16.5. The molecule has 24 heavy (non-hydrogen) atoms. The monoisotopic (exact) mass is 320 g/mol. The van der Waals surface area contributed by atoms with Crippen molar-refractivity contribution in [1.82, 2.24) is 9.88 Å². The van der Waals surface area contributed by atoms with E-state index in [1.807, 2.05) is 43.4 Å². The second kappa shape index (κ2) is 6.13. The Balaban J connectivity index is 1.46. The van der Waals surface area contributed by atoms with Crippen LogP contribution in [0.4, 0.5) is 0 Å². The van der Waals surface area contributed by atoms with Crippen molar-refractivity contribution in [2.24, 2.45) is 0 Å². The molecule has 122 valence electrons. The SMILES string of the molecule is CN(CC1Cc2ccccc2CO1)C(=O)c1cc2ccccc2[nH]1. The highest BCUT2D eigenvalue weighted by Crippen LogP contribution is 2.21. The van der Waals surface area contributed by atoms with Crippen LogP contribution in [-0.4, -0.2) is 35.5 Å². The Labute approximate surface area is 141 Å². The van der Waals surface area contributed by atoms with Crippen molar-refractivity contribution in [3.8, 4) is 0 Å². The van der Waals surface area contributed by atoms with Crippen molar-refractivity contribution < 1.29 is 9.53 Å². The molecule has 0 aliphatic carbocycles. The topological polar surface area (TPSA) is 45.3 Å². The molecule has 0 radical (unpaired) electrons. The molecule has 4 heteroatoms. The second-order valence-electron chi connectivity index (χ2n) is 6.36. The maximum Gasteiger partial charge on any atom is 0.270 e. The number of aromatic nitrogens is 1. The third kappa shape index (κ3) is 2.81. The van der Waals surface area contributed by atoms with Gasteiger partial charge in [0.05, 0.1) is 12.7 Å². The molecular weight excluding hydrogens is 300 g/mol. The van der Waals surface area contributed by atoms with Gasteiger partial charge < -0.3 is 14.6 Å². The summed E-state index contributed by atoms with van der Waals surface area (Å²) in [6, 6.07) is 18.2. The number of benzene rings is 2. The van der Waals surface area contributed by atoms with Crippen molar-refractivity contribution in [2.75, 3.05) is 13.6 Å². The van der Waals surface area contributed by atoms with E-state index in [9.17, 15) is 4.79 Å². The minimum absolute atomic E-state index is 0.00587. The molecule has 1 aromatic heterocycles. The van der Waals surface area contributed by atoms with E-state index in [2.05, 4.69) is 23.2 Å². The van der Waals surface area contributed by atoms with Crippen molar-refractivity contribution in [2.45, 2.75) is 19.1 Å². The number of hydrogen-bond donors (Lipinski definition) is 1. The number of amides is 1. The molecule has 0 bridgehead atoms. The lowest BCUT2D eigenvalue weighted by Crippen LogP contribution is -2.38. The van der Waals surface area contributed by atoms with Gasteiger partial charge in [0.1, 0.15) is 5.69 Å². The summed E-state index contributed by atoms with van der Waals surface area (Å²) in [5.41, 5.74) is 4.17. The molecule has 1 aliphatic rings. The molecule has 0 fully saturated rings. The summed E-state index contributed by atoms with van der Waals surface area (Å²) in [4.78, 5) is 17.6. The molecule has 4 rings (SSSR count). The number of likely N-dealkylation sites (N-methyl/N-ethyl adjacent to an activating group) is 1. The summed E-state index contributed by atoms with van der Waals surface area (Å²) in [7, 11) is 1.83. The summed E-state index contributed by atoms with van der Waals surface area (Å²) in [5, 5.41) is 1.05. The normalized spacial score (nSPS) is 16.8. The Hall–Kier alpha value is -2.59. The third-order valence-electron chi connectivity index (χ3n) is 4.63. The number of nitrogens with zero attached hydrogens (tertiary/aromatic N) is 1. The predicted octanol–water partition coefficient (Wildman–Crippen LogP) is 3.38. The van der Waals surface area contributed by atoms with E-state index < -0.39 is 0 Å². The van der Waals surface area contributed by atoms with Crippen LogP contribution in [0.15, 0.2) is 54.6 Å². The van der Waals surface area contributed by atoms with E-state index in [1.165, 1.54) is 11.1 Å². The lowest BCUT2D eigenvalue weighted by molar-refractivity contribution is 0.00974. The fraction of sp³-hybridized carbons (Fsp3) is 0.250. The Morgan fingerprint density at radius 2 is 1.92 bits per heavy atom. The van der Waals surface area contributed by atoms with Gasteiger partial charge in [-0.3, -0.25) is 4.79 Å². The van der Waals surface area contributed by atoms with E-state index in [4.69, 9.17) is 4.74 Å². The minimum atomic E-state index is -0.00587. The largest absolute Gasteiger partial charge is 0.371 e. The van der Waals surface area contributed by atoms with Gasteiger partial charge >= 0.3 is 0 Å². The van der Waals surface area contributed by atoms with E-state index in [-0.39, 0.29) is 12.0 Å². The number of para-hydroxylation sites is 1. The molecule has 2 heterocycles. The molecule has 1 atom stereocenters. The van der Waals surface area contributed by atoms with Gasteiger partial charge in [-0.15, -0.1) is 0 Å². The molecule has 4 nitrogen and oxygen atoms in total. The number of hydrogen-bond acceptors (Lipinski definition) is 2. The van der Waals surface area contributed by atoms with Gasteiger partial charge in [-0.1, -0.05) is 42.5 Å². The number of rotatable bonds is 3. The summed E-state index contributed by atoms with van der Waals surface area (Å²) < 4.78 is 5.92. The second-order valence-corrected chi connectivity index (χ2v) is 6.36. The van der Waals surface area contributed by atoms with E-state index >= 15 is 0 Å². The standard InChI is InChI=1S/C20H20N2O2/c1-22(12-17-10-14-6-2-3-8-16(14)13-24-17)20(23)19-11-15-7-4-5-9-18(15)21-19/h2-9,11,17,21H,10,12-13H2,1H3. The van der Waals surface area contributed by atoms with E-state index in [0.29, 0.717) is 18.8 Å². The van der Waals surface area contributed by atoms with Crippen LogP contribution in [0.1, 0.15) is 21.6 Å². The van der Waals surface area contributed by atoms with Gasteiger partial charge in [0.2, 0.25) is 0 Å². The molecule has 1 aliphatic heterocycles. The summed E-state index contributed by atoms with van der Waals surface area (Å²) in [6.45, 7) is 1.21. The van der Waals surface area contributed by atoms with Gasteiger partial charge in [0, 0.05) is 30.9 Å². The smallest absolute Gasteiger partial charge is 0.270 e. The van der Waals surface area contributed by atoms with Crippen LogP contribution in [0.2, 0.25) is 0 Å². The quantitative estimate of drug-likeness (QED) is 0.804. The first-order chi connectivity index (χ1) is 11.7. The van der Waals surface area contributed by atoms with Crippen LogP contribution in [0.5, 0.6) is 0 Å². The van der Waals surface area contributed by atoms with Crippen molar-refractivity contribution >= 4 is 16.8 Å². The van der Waals surface area contributed by atoms with Crippen LogP contribution in [-0.2, 0) is 17.8 Å². The average molecular weight is 320 g/mol. The Morgan fingerprint density at radius 3 is 2.75 bits per heavy atom. The highest BCUT2D eigenvalue weighted by molar-refractivity contribution is 5.97. The zero-order valence-electron chi connectivity index (χ0n) is 13.7. The number of aromatic amines is 1. The Kier molecular flexibility index (Phi) is 3.82. The number of H-pyrrole nitrogens is 1. The molecule has 0 saturated heterocycles. The number of carbonyl (C=O) groups is 1. The van der Waals surface area contributed by atoms with Gasteiger partial charge in [-0.25, -0.2) is 0 Å². The number of carbonyl (C=O) groups excluding carboxylic acids is 1. The number of nitrogens with one attached hydrogen (secondary N) is 1. The number of fused-ring (bicyclic) bond motifs is 2. The van der Waals surface area contributed by atoms with Crippen LogP contribution >= 0.6 is 0 Å². The van der Waals surface area contributed by atoms with Crippen LogP contribution in [0, 0.1) is 0 Å². The zero-order valence-corrected chi connectivity index (χ0v) is 13.7. The molecule has 1 N–H and O–H groups in total. The fourth-order valence-electron chi connectivity index (χ4n) is 3.31. The molecule has 0 saturated carbocycles. The maximum atomic E-state index is 12.7. The van der Waals surface area contributed by atoms with Crippen molar-refractivity contribution in [1.29, 1.82) is 0 Å². The fourth-order valence-corrected chi connectivity index (χ4v) is 3.31. The lowest BCUT2D eigenvalue weighted by atomic mass is 9.99. The van der Waals surface area contributed by atoms with Crippen LogP contribution in [0.3, 0.4) is 0 Å². The zero-order chi connectivity index (χ0) is 16.5. The Morgan fingerprint density at radius 1 is 1.17 bits per heavy atom. The predicted molar refractivity (Wildman–Crippen MR) is 94.0 cm³/mol. The summed E-state index contributed by atoms with van der Waals surface area (Å²) in [6.07, 6.45) is 0.888. The van der Waals surface area contributed by atoms with Crippen molar-refractivity contribution in [3.63, 3.8) is 0 Å². The van der Waals surface area contributed by atoms with Gasteiger partial charge in [-0.2, -0.15) is 0 Å².